The Morgan fingerprint density at radius 3 is 2.75 bits per heavy atom. The van der Waals surface area contributed by atoms with Crippen molar-refractivity contribution < 1.29 is 0 Å². The van der Waals surface area contributed by atoms with E-state index in [2.05, 4.69) is 36.2 Å². The number of aryl methyl sites for hydroxylation is 3. The van der Waals surface area contributed by atoms with Crippen LogP contribution >= 0.6 is 0 Å². The number of hydrogen-bond donors (Lipinski definition) is 0. The van der Waals surface area contributed by atoms with Crippen molar-refractivity contribution in [2.75, 3.05) is 0 Å². The molecule has 0 radical (unpaired) electrons. The first-order valence-electron chi connectivity index (χ1n) is 4.10. The Kier molecular flexibility index (Phi) is 1.43. The molecule has 0 unspecified atom stereocenters. The maximum atomic E-state index is 4.30. The Balaban J connectivity index is 2.97. The van der Waals surface area contributed by atoms with Gasteiger partial charge in [0.2, 0.25) is 0 Å². The van der Waals surface area contributed by atoms with E-state index in [-0.39, 0.29) is 0 Å². The van der Waals surface area contributed by atoms with Crippen LogP contribution in [0.15, 0.2) is 18.5 Å². The van der Waals surface area contributed by atoms with E-state index in [9.17, 15) is 0 Å². The highest BCUT2D eigenvalue weighted by Crippen LogP contribution is 2.15. The predicted molar refractivity (Wildman–Crippen MR) is 49.4 cm³/mol. The monoisotopic (exact) mass is 160 g/mol. The molecule has 2 nitrogen and oxygen atoms in total. The van der Waals surface area contributed by atoms with Gasteiger partial charge in [-0.25, -0.2) is 4.98 Å². The molecule has 2 heterocycles. The summed E-state index contributed by atoms with van der Waals surface area (Å²) in [4.78, 5) is 4.30. The fourth-order valence-electron chi connectivity index (χ4n) is 1.53. The van der Waals surface area contributed by atoms with Crippen LogP contribution in [0.25, 0.3) is 5.65 Å². The Morgan fingerprint density at radius 2 is 2.00 bits per heavy atom. The highest BCUT2D eigenvalue weighted by molar-refractivity contribution is 5.52. The molecule has 0 aliphatic carbocycles. The minimum atomic E-state index is 1.08. The third-order valence-electron chi connectivity index (χ3n) is 2.37. The van der Waals surface area contributed by atoms with Gasteiger partial charge < -0.3 is 4.40 Å². The normalized spacial score (nSPS) is 10.9. The Hall–Kier alpha value is -1.31. The summed E-state index contributed by atoms with van der Waals surface area (Å²) in [6, 6.07) is 2.18. The molecule has 2 rings (SSSR count). The molecular weight excluding hydrogens is 148 g/mol. The molecule has 0 atom stereocenters. The number of imidazole rings is 1. The number of rotatable bonds is 0. The van der Waals surface area contributed by atoms with E-state index in [1.807, 2.05) is 12.4 Å². The van der Waals surface area contributed by atoms with Gasteiger partial charge in [0, 0.05) is 18.1 Å². The van der Waals surface area contributed by atoms with Crippen LogP contribution in [0.1, 0.15) is 16.8 Å². The quantitative estimate of drug-likeness (QED) is 0.577. The van der Waals surface area contributed by atoms with Gasteiger partial charge in [-0.2, -0.15) is 0 Å². The Labute approximate surface area is 71.9 Å². The van der Waals surface area contributed by atoms with Crippen molar-refractivity contribution in [3.8, 4) is 0 Å². The Bertz CT molecular complexity index is 427. The van der Waals surface area contributed by atoms with Crippen molar-refractivity contribution in [2.45, 2.75) is 20.8 Å². The van der Waals surface area contributed by atoms with Gasteiger partial charge in [0.25, 0.3) is 0 Å². The topological polar surface area (TPSA) is 17.3 Å². The van der Waals surface area contributed by atoms with Crippen LogP contribution < -0.4 is 0 Å². The number of pyridine rings is 1. The van der Waals surface area contributed by atoms with Crippen molar-refractivity contribution in [3.05, 3.63) is 35.3 Å². The largest absolute Gasteiger partial charge is 0.304 e. The van der Waals surface area contributed by atoms with E-state index < -0.39 is 0 Å². The highest BCUT2D eigenvalue weighted by Gasteiger charge is 2.03. The zero-order valence-electron chi connectivity index (χ0n) is 7.63. The van der Waals surface area contributed by atoms with Crippen molar-refractivity contribution in [1.82, 2.24) is 9.38 Å². The van der Waals surface area contributed by atoms with E-state index in [1.54, 1.807) is 0 Å². The van der Waals surface area contributed by atoms with Crippen LogP contribution in [0.3, 0.4) is 0 Å². The SMILES string of the molecule is Cc1cc(C)n2ccnc2c1C. The summed E-state index contributed by atoms with van der Waals surface area (Å²) in [6.45, 7) is 6.33. The van der Waals surface area contributed by atoms with E-state index in [4.69, 9.17) is 0 Å². The minimum Gasteiger partial charge on any atom is -0.304 e. The number of aromatic nitrogens is 2. The molecular formula is C10H12N2. The smallest absolute Gasteiger partial charge is 0.140 e. The first kappa shape index (κ1) is 7.35. The number of fused-ring (bicyclic) bond motifs is 1. The van der Waals surface area contributed by atoms with Crippen LogP contribution in [0.5, 0.6) is 0 Å². The van der Waals surface area contributed by atoms with Crippen LogP contribution in [-0.4, -0.2) is 9.38 Å². The summed E-state index contributed by atoms with van der Waals surface area (Å²) in [5, 5.41) is 0. The van der Waals surface area contributed by atoms with E-state index in [0.29, 0.717) is 0 Å². The second-order valence-corrected chi connectivity index (χ2v) is 3.21. The maximum Gasteiger partial charge on any atom is 0.140 e. The summed E-state index contributed by atoms with van der Waals surface area (Å²) in [6.07, 6.45) is 3.84. The van der Waals surface area contributed by atoms with Crippen LogP contribution in [-0.2, 0) is 0 Å². The molecule has 2 aromatic rings. The lowest BCUT2D eigenvalue weighted by atomic mass is 10.1. The van der Waals surface area contributed by atoms with Gasteiger partial charge in [0.15, 0.2) is 0 Å². The first-order valence-corrected chi connectivity index (χ1v) is 4.10. The van der Waals surface area contributed by atoms with Gasteiger partial charge in [-0.3, -0.25) is 0 Å². The Morgan fingerprint density at radius 1 is 1.25 bits per heavy atom. The lowest BCUT2D eigenvalue weighted by molar-refractivity contribution is 1.06. The highest BCUT2D eigenvalue weighted by atomic mass is 15.0. The second kappa shape index (κ2) is 2.34. The summed E-state index contributed by atoms with van der Waals surface area (Å²) >= 11 is 0. The first-order chi connectivity index (χ1) is 5.70. The van der Waals surface area contributed by atoms with Gasteiger partial charge in [-0.15, -0.1) is 0 Å². The predicted octanol–water partition coefficient (Wildman–Crippen LogP) is 2.26. The molecule has 12 heavy (non-hydrogen) atoms. The molecule has 0 amide bonds. The van der Waals surface area contributed by atoms with Gasteiger partial charge in [0.1, 0.15) is 5.65 Å². The molecule has 0 aromatic carbocycles. The maximum absolute atomic E-state index is 4.30. The standard InChI is InChI=1S/C10H12N2/c1-7-6-8(2)12-5-4-11-10(12)9(7)3/h4-6H,1-3H3. The molecule has 2 heteroatoms. The van der Waals surface area contributed by atoms with Gasteiger partial charge in [0.05, 0.1) is 0 Å². The minimum absolute atomic E-state index is 1.08. The van der Waals surface area contributed by atoms with E-state index in [0.717, 1.165) is 5.65 Å². The van der Waals surface area contributed by atoms with Crippen molar-refractivity contribution in [1.29, 1.82) is 0 Å². The van der Waals surface area contributed by atoms with Gasteiger partial charge in [-0.1, -0.05) is 0 Å². The van der Waals surface area contributed by atoms with Crippen LogP contribution in [0.4, 0.5) is 0 Å². The summed E-state index contributed by atoms with van der Waals surface area (Å²) in [5.74, 6) is 0. The second-order valence-electron chi connectivity index (χ2n) is 3.21. The van der Waals surface area contributed by atoms with Crippen molar-refractivity contribution in [2.24, 2.45) is 0 Å². The molecule has 0 saturated carbocycles. The molecule has 0 aliphatic rings. The summed E-state index contributed by atoms with van der Waals surface area (Å²) < 4.78 is 2.11. The van der Waals surface area contributed by atoms with Crippen LogP contribution in [0.2, 0.25) is 0 Å². The van der Waals surface area contributed by atoms with Crippen LogP contribution in [0, 0.1) is 20.8 Å². The van der Waals surface area contributed by atoms with Gasteiger partial charge in [-0.05, 0) is 38.0 Å². The molecule has 0 aliphatic heterocycles. The zero-order valence-corrected chi connectivity index (χ0v) is 7.63. The van der Waals surface area contributed by atoms with Gasteiger partial charge >= 0.3 is 0 Å². The van der Waals surface area contributed by atoms with Crippen molar-refractivity contribution in [3.63, 3.8) is 0 Å². The van der Waals surface area contributed by atoms with E-state index >= 15 is 0 Å². The zero-order chi connectivity index (χ0) is 8.72. The average Bonchev–Trinajstić information content (AvgIpc) is 2.48. The van der Waals surface area contributed by atoms with Crippen molar-refractivity contribution >= 4 is 5.65 Å². The fraction of sp³-hybridized carbons (Fsp3) is 0.300. The molecule has 2 aromatic heterocycles. The average molecular weight is 160 g/mol. The molecule has 0 saturated heterocycles. The number of hydrogen-bond acceptors (Lipinski definition) is 1. The molecule has 0 N–H and O–H groups in total. The summed E-state index contributed by atoms with van der Waals surface area (Å²) in [7, 11) is 0. The fourth-order valence-corrected chi connectivity index (χ4v) is 1.53. The third kappa shape index (κ3) is 0.843. The summed E-state index contributed by atoms with van der Waals surface area (Å²) in [5.41, 5.74) is 4.90. The third-order valence-corrected chi connectivity index (χ3v) is 2.37. The molecule has 0 spiro atoms. The molecule has 0 fully saturated rings. The molecule has 62 valence electrons. The molecule has 0 bridgehead atoms. The van der Waals surface area contributed by atoms with E-state index in [1.165, 1.54) is 16.8 Å². The number of nitrogens with zero attached hydrogens (tertiary/aromatic N) is 2. The lowest BCUT2D eigenvalue weighted by Crippen LogP contribution is -1.94. The lowest BCUT2D eigenvalue weighted by Gasteiger charge is -2.05.